The number of methoxy groups -OCH3 is 2. The number of hydrogen-bond donors (Lipinski definition) is 4. The summed E-state index contributed by atoms with van der Waals surface area (Å²) in [5.74, 6) is 3.86. The molecule has 0 aliphatic rings. The Labute approximate surface area is 234 Å². The Morgan fingerprint density at radius 1 is 0.711 bits per heavy atom. The van der Waals surface area contributed by atoms with Gasteiger partial charge in [0.05, 0.1) is 14.2 Å². The van der Waals surface area contributed by atoms with Crippen LogP contribution in [-0.2, 0) is 0 Å². The molecule has 12 heteroatoms. The van der Waals surface area contributed by atoms with Crippen LogP contribution in [0.3, 0.4) is 0 Å². The maximum Gasteiger partial charge on any atom is 0.135 e. The Morgan fingerprint density at radius 2 is 1.13 bits per heavy atom. The molecule has 204 valence electrons. The standard InChI is InChI=1S/C13H16N4O.C11H10ClN3O.C2H7N.ClH/c1-3-14-12-8-13(16-9-15-12)17-10-4-6-11(18-2)7-5-10;1-16-9-4-2-8(3-5-9)15-11-6-10(12)13-7-14-11;1-2-3;/h4-9H,3H2,1-2H3,(H2,14,15,16,17);2-7H,1H3,(H,13,14,15);2-3H2,1H3;1H. The van der Waals surface area contributed by atoms with E-state index in [2.05, 4.69) is 35.9 Å². The van der Waals surface area contributed by atoms with Gasteiger partial charge >= 0.3 is 0 Å². The first-order valence-electron chi connectivity index (χ1n) is 11.6. The van der Waals surface area contributed by atoms with Gasteiger partial charge in [-0.15, -0.1) is 12.4 Å². The third-order valence-corrected chi connectivity index (χ3v) is 4.59. The fourth-order valence-electron chi connectivity index (χ4n) is 2.75. The first-order valence-corrected chi connectivity index (χ1v) is 11.9. The lowest BCUT2D eigenvalue weighted by atomic mass is 10.3. The zero-order valence-corrected chi connectivity index (χ0v) is 23.4. The van der Waals surface area contributed by atoms with Gasteiger partial charge in [0.2, 0.25) is 0 Å². The molecular weight excluding hydrogens is 527 g/mol. The van der Waals surface area contributed by atoms with Crippen LogP contribution in [0.1, 0.15) is 13.8 Å². The van der Waals surface area contributed by atoms with Crippen LogP contribution in [0.2, 0.25) is 5.15 Å². The zero-order valence-electron chi connectivity index (χ0n) is 21.8. The van der Waals surface area contributed by atoms with E-state index in [4.69, 9.17) is 26.8 Å². The highest BCUT2D eigenvalue weighted by Gasteiger charge is 2.00. The minimum absolute atomic E-state index is 0. The van der Waals surface area contributed by atoms with Crippen LogP contribution in [0.4, 0.5) is 28.8 Å². The molecule has 5 N–H and O–H groups in total. The van der Waals surface area contributed by atoms with Crippen molar-refractivity contribution in [3.05, 3.63) is 78.5 Å². The fourth-order valence-corrected chi connectivity index (χ4v) is 2.90. The van der Waals surface area contributed by atoms with E-state index in [0.29, 0.717) is 11.0 Å². The van der Waals surface area contributed by atoms with Crippen molar-refractivity contribution in [2.24, 2.45) is 5.73 Å². The van der Waals surface area contributed by atoms with Gasteiger partial charge in [0.1, 0.15) is 46.8 Å². The van der Waals surface area contributed by atoms with Crippen LogP contribution in [0.25, 0.3) is 0 Å². The smallest absolute Gasteiger partial charge is 0.135 e. The molecule has 38 heavy (non-hydrogen) atoms. The molecule has 0 amide bonds. The molecule has 10 nitrogen and oxygen atoms in total. The van der Waals surface area contributed by atoms with Crippen LogP contribution in [0.15, 0.2) is 73.3 Å². The summed E-state index contributed by atoms with van der Waals surface area (Å²) in [5, 5.41) is 9.86. The van der Waals surface area contributed by atoms with Gasteiger partial charge in [-0.05, 0) is 62.0 Å². The van der Waals surface area contributed by atoms with E-state index in [1.165, 1.54) is 12.7 Å². The maximum atomic E-state index is 5.75. The summed E-state index contributed by atoms with van der Waals surface area (Å²) in [7, 11) is 3.28. The monoisotopic (exact) mass is 560 g/mol. The second-order valence-corrected chi connectivity index (χ2v) is 7.55. The molecule has 0 aliphatic carbocycles. The molecule has 0 spiro atoms. The number of nitrogens with two attached hydrogens (primary N) is 1. The predicted molar refractivity (Wildman–Crippen MR) is 158 cm³/mol. The summed E-state index contributed by atoms with van der Waals surface area (Å²) in [6, 6.07) is 18.7. The third kappa shape index (κ3) is 11.9. The number of nitrogens with zero attached hydrogens (tertiary/aromatic N) is 4. The summed E-state index contributed by atoms with van der Waals surface area (Å²) in [6.07, 6.45) is 2.94. The molecule has 0 unspecified atom stereocenters. The van der Waals surface area contributed by atoms with Crippen LogP contribution in [0, 0.1) is 0 Å². The van der Waals surface area contributed by atoms with E-state index in [-0.39, 0.29) is 12.4 Å². The summed E-state index contributed by atoms with van der Waals surface area (Å²) >= 11 is 5.75. The molecule has 2 aromatic carbocycles. The van der Waals surface area contributed by atoms with Crippen molar-refractivity contribution < 1.29 is 9.47 Å². The van der Waals surface area contributed by atoms with E-state index in [1.54, 1.807) is 20.3 Å². The Kier molecular flexibility index (Phi) is 15.6. The van der Waals surface area contributed by atoms with Crippen LogP contribution >= 0.6 is 24.0 Å². The van der Waals surface area contributed by atoms with Gasteiger partial charge in [-0.3, -0.25) is 0 Å². The Hall–Kier alpha value is -3.86. The summed E-state index contributed by atoms with van der Waals surface area (Å²) in [5.41, 5.74) is 6.72. The van der Waals surface area contributed by atoms with Gasteiger partial charge in [0, 0.05) is 30.1 Å². The molecule has 0 saturated carbocycles. The third-order valence-electron chi connectivity index (χ3n) is 4.38. The normalized spacial score (nSPS) is 9.32. The van der Waals surface area contributed by atoms with Crippen LogP contribution in [0.5, 0.6) is 11.5 Å². The highest BCUT2D eigenvalue weighted by molar-refractivity contribution is 6.29. The van der Waals surface area contributed by atoms with Crippen molar-refractivity contribution >= 4 is 52.8 Å². The zero-order chi connectivity index (χ0) is 26.9. The van der Waals surface area contributed by atoms with E-state index in [9.17, 15) is 0 Å². The average molecular weight is 562 g/mol. The molecule has 0 bridgehead atoms. The van der Waals surface area contributed by atoms with Gasteiger partial charge in [0.15, 0.2) is 0 Å². The van der Waals surface area contributed by atoms with E-state index in [0.717, 1.165) is 47.6 Å². The quantitative estimate of drug-likeness (QED) is 0.192. The van der Waals surface area contributed by atoms with Gasteiger partial charge in [0.25, 0.3) is 0 Å². The van der Waals surface area contributed by atoms with Gasteiger partial charge in [-0.2, -0.15) is 0 Å². The Bertz CT molecular complexity index is 1180. The van der Waals surface area contributed by atoms with Gasteiger partial charge in [-0.1, -0.05) is 18.5 Å². The van der Waals surface area contributed by atoms with Crippen LogP contribution in [-0.4, -0.2) is 47.2 Å². The maximum absolute atomic E-state index is 5.75. The van der Waals surface area contributed by atoms with Crippen molar-refractivity contribution in [3.8, 4) is 11.5 Å². The summed E-state index contributed by atoms with van der Waals surface area (Å²) in [6.45, 7) is 5.51. The van der Waals surface area contributed by atoms with E-state index < -0.39 is 0 Å². The highest BCUT2D eigenvalue weighted by Crippen LogP contribution is 2.20. The second-order valence-electron chi connectivity index (χ2n) is 7.16. The topological polar surface area (TPSA) is 132 Å². The average Bonchev–Trinajstić information content (AvgIpc) is 2.91. The number of halogens is 2. The largest absolute Gasteiger partial charge is 0.497 e. The number of ether oxygens (including phenoxy) is 2. The Morgan fingerprint density at radius 3 is 1.55 bits per heavy atom. The molecule has 0 radical (unpaired) electrons. The molecule has 0 atom stereocenters. The number of benzene rings is 2. The number of nitrogens with one attached hydrogen (secondary N) is 3. The predicted octanol–water partition coefficient (Wildman–Crippen LogP) is 5.93. The van der Waals surface area contributed by atoms with Crippen molar-refractivity contribution in [3.63, 3.8) is 0 Å². The summed E-state index contributed by atoms with van der Waals surface area (Å²) in [4.78, 5) is 16.1. The van der Waals surface area contributed by atoms with Gasteiger partial charge < -0.3 is 31.2 Å². The highest BCUT2D eigenvalue weighted by atomic mass is 35.5. The molecular formula is C26H34Cl2N8O2. The first-order chi connectivity index (χ1) is 18.0. The summed E-state index contributed by atoms with van der Waals surface area (Å²) < 4.78 is 10.2. The number of hydrogen-bond acceptors (Lipinski definition) is 10. The van der Waals surface area contributed by atoms with Crippen molar-refractivity contribution in [2.45, 2.75) is 13.8 Å². The lowest BCUT2D eigenvalue weighted by Crippen LogP contribution is -2.01. The number of aromatic nitrogens is 4. The lowest BCUT2D eigenvalue weighted by Gasteiger charge is -2.08. The number of anilines is 5. The fraction of sp³-hybridized carbons (Fsp3) is 0.231. The molecule has 0 saturated heterocycles. The molecule has 4 rings (SSSR count). The van der Waals surface area contributed by atoms with Crippen molar-refractivity contribution in [1.82, 2.24) is 19.9 Å². The van der Waals surface area contributed by atoms with Crippen LogP contribution < -0.4 is 31.2 Å². The molecule has 2 aromatic heterocycles. The molecule has 0 fully saturated rings. The minimum Gasteiger partial charge on any atom is -0.497 e. The Balaban J connectivity index is 0.000000338. The first kappa shape index (κ1) is 32.2. The molecule has 2 heterocycles. The SMILES string of the molecule is CCN.CCNc1cc(Nc2ccc(OC)cc2)ncn1.COc1ccc(Nc2cc(Cl)ncn2)cc1.Cl. The molecule has 0 aliphatic heterocycles. The van der Waals surface area contributed by atoms with Gasteiger partial charge in [-0.25, -0.2) is 19.9 Å². The van der Waals surface area contributed by atoms with Crippen molar-refractivity contribution in [1.29, 1.82) is 0 Å². The number of rotatable bonds is 8. The molecule has 4 aromatic rings. The lowest BCUT2D eigenvalue weighted by molar-refractivity contribution is 0.415. The van der Waals surface area contributed by atoms with E-state index >= 15 is 0 Å². The minimum atomic E-state index is 0. The van der Waals surface area contributed by atoms with E-state index in [1.807, 2.05) is 68.4 Å². The second kappa shape index (κ2) is 18.4. The van der Waals surface area contributed by atoms with Crippen molar-refractivity contribution in [2.75, 3.05) is 43.3 Å².